The Balaban J connectivity index is 3.15. The number of methoxy groups -OCH3 is 1. The molecule has 1 radical (unpaired) electrons. The number of carbonyl (C=O) groups is 1. The maximum atomic E-state index is 10.9. The number of ether oxygens (including phenoxy) is 1. The summed E-state index contributed by atoms with van der Waals surface area (Å²) in [4.78, 5) is 10.9. The van der Waals surface area contributed by atoms with Gasteiger partial charge in [0.2, 0.25) is 0 Å². The molecule has 0 unspecified atom stereocenters. The molecule has 2 nitrogen and oxygen atoms in total. The van der Waals surface area contributed by atoms with Crippen LogP contribution in [0.25, 0.3) is 0 Å². The van der Waals surface area contributed by atoms with E-state index in [2.05, 4.69) is 6.07 Å². The summed E-state index contributed by atoms with van der Waals surface area (Å²) < 4.78 is 4.89. The molecule has 0 saturated heterocycles. The standard InChI is InChI=1S/C9H8ClO2/c1-6(11)7-3-8(10)5-9(4-7)12-2/h3-4H,1-2H3. The van der Waals surface area contributed by atoms with E-state index >= 15 is 0 Å². The van der Waals surface area contributed by atoms with Crippen LogP contribution in [0.4, 0.5) is 0 Å². The number of hydrogen-bond acceptors (Lipinski definition) is 2. The van der Waals surface area contributed by atoms with Crippen molar-refractivity contribution in [3.05, 3.63) is 28.8 Å². The van der Waals surface area contributed by atoms with Gasteiger partial charge in [-0.3, -0.25) is 4.79 Å². The Morgan fingerprint density at radius 2 is 2.25 bits per heavy atom. The topological polar surface area (TPSA) is 26.3 Å². The number of benzene rings is 1. The fourth-order valence-electron chi connectivity index (χ4n) is 0.823. The van der Waals surface area contributed by atoms with Crippen LogP contribution in [0.1, 0.15) is 17.3 Å². The predicted octanol–water partition coefficient (Wildman–Crippen LogP) is 2.35. The highest BCUT2D eigenvalue weighted by Gasteiger charge is 2.03. The smallest absolute Gasteiger partial charge is 0.159 e. The van der Waals surface area contributed by atoms with Gasteiger partial charge in [0.05, 0.1) is 12.1 Å². The van der Waals surface area contributed by atoms with E-state index in [1.807, 2.05) is 0 Å². The minimum Gasteiger partial charge on any atom is -0.496 e. The number of hydrogen-bond donors (Lipinski definition) is 0. The van der Waals surface area contributed by atoms with Gasteiger partial charge in [-0.05, 0) is 19.1 Å². The third kappa shape index (κ3) is 1.98. The highest BCUT2D eigenvalue weighted by molar-refractivity contribution is 6.31. The Labute approximate surface area is 76.1 Å². The number of carbonyl (C=O) groups excluding carboxylic acids is 1. The van der Waals surface area contributed by atoms with Gasteiger partial charge in [0.1, 0.15) is 5.75 Å². The Morgan fingerprint density at radius 1 is 1.58 bits per heavy atom. The minimum absolute atomic E-state index is 0.0378. The fraction of sp³-hybridized carbons (Fsp3) is 0.222. The SMILES string of the molecule is COc1[c]c(Cl)cc(C(C)=O)c1. The first kappa shape index (κ1) is 9.07. The summed E-state index contributed by atoms with van der Waals surface area (Å²) in [5.74, 6) is 0.442. The van der Waals surface area contributed by atoms with Crippen molar-refractivity contribution in [1.82, 2.24) is 0 Å². The molecule has 0 spiro atoms. The molecule has 12 heavy (non-hydrogen) atoms. The summed E-state index contributed by atoms with van der Waals surface area (Å²) in [6.45, 7) is 1.48. The average molecular weight is 184 g/mol. The van der Waals surface area contributed by atoms with Gasteiger partial charge in [-0.25, -0.2) is 0 Å². The summed E-state index contributed by atoms with van der Waals surface area (Å²) in [7, 11) is 1.51. The van der Waals surface area contributed by atoms with E-state index < -0.39 is 0 Å². The molecule has 3 heteroatoms. The number of rotatable bonds is 2. The average Bonchev–Trinajstić information content (AvgIpc) is 2.03. The number of Topliss-reactive ketones (excluding diaryl/α,β-unsaturated/α-hetero) is 1. The summed E-state index contributed by atoms with van der Waals surface area (Å²) in [5, 5.41) is 0.388. The molecular formula is C9H8ClO2. The largest absolute Gasteiger partial charge is 0.496 e. The molecule has 0 saturated carbocycles. The maximum Gasteiger partial charge on any atom is 0.159 e. The highest BCUT2D eigenvalue weighted by Crippen LogP contribution is 2.19. The van der Waals surface area contributed by atoms with Crippen molar-refractivity contribution in [2.75, 3.05) is 7.11 Å². The summed E-state index contributed by atoms with van der Waals surface area (Å²) >= 11 is 5.69. The van der Waals surface area contributed by atoms with Gasteiger partial charge >= 0.3 is 0 Å². The molecule has 1 aromatic rings. The number of ketones is 1. The Morgan fingerprint density at radius 3 is 2.75 bits per heavy atom. The van der Waals surface area contributed by atoms with E-state index in [9.17, 15) is 4.79 Å². The van der Waals surface area contributed by atoms with Crippen LogP contribution < -0.4 is 4.74 Å². The molecule has 1 rings (SSSR count). The van der Waals surface area contributed by atoms with Crippen molar-refractivity contribution in [2.24, 2.45) is 0 Å². The summed E-state index contributed by atoms with van der Waals surface area (Å²) in [5.41, 5.74) is 0.538. The third-order valence-electron chi connectivity index (χ3n) is 1.44. The van der Waals surface area contributed by atoms with Crippen molar-refractivity contribution < 1.29 is 9.53 Å². The molecule has 0 aliphatic carbocycles. The fourth-order valence-corrected chi connectivity index (χ4v) is 1.03. The Bertz CT molecular complexity index is 307. The maximum absolute atomic E-state index is 10.9. The van der Waals surface area contributed by atoms with Crippen molar-refractivity contribution >= 4 is 17.4 Å². The first-order valence-electron chi connectivity index (χ1n) is 3.41. The Kier molecular flexibility index (Phi) is 2.71. The van der Waals surface area contributed by atoms with Crippen molar-refractivity contribution in [3.8, 4) is 5.75 Å². The van der Waals surface area contributed by atoms with Crippen LogP contribution in [0, 0.1) is 6.07 Å². The van der Waals surface area contributed by atoms with Crippen molar-refractivity contribution in [2.45, 2.75) is 6.92 Å². The van der Waals surface area contributed by atoms with Gasteiger partial charge in [0.25, 0.3) is 0 Å². The third-order valence-corrected chi connectivity index (χ3v) is 1.64. The molecule has 0 bridgehead atoms. The predicted molar refractivity (Wildman–Crippen MR) is 46.8 cm³/mol. The second-order valence-electron chi connectivity index (χ2n) is 2.34. The lowest BCUT2D eigenvalue weighted by Gasteiger charge is -2.01. The van der Waals surface area contributed by atoms with Gasteiger partial charge in [-0.2, -0.15) is 0 Å². The van der Waals surface area contributed by atoms with Crippen LogP contribution in [0.15, 0.2) is 12.1 Å². The molecule has 0 aromatic heterocycles. The van der Waals surface area contributed by atoms with Gasteiger partial charge in [-0.15, -0.1) is 0 Å². The molecule has 0 N–H and O–H groups in total. The normalized spacial score (nSPS) is 9.58. The van der Waals surface area contributed by atoms with E-state index in [0.29, 0.717) is 16.3 Å². The minimum atomic E-state index is -0.0378. The second-order valence-corrected chi connectivity index (χ2v) is 2.75. The molecule has 0 heterocycles. The van der Waals surface area contributed by atoms with Crippen LogP contribution in [0.2, 0.25) is 5.02 Å². The summed E-state index contributed by atoms with van der Waals surface area (Å²) in [6, 6.07) is 5.91. The quantitative estimate of drug-likeness (QED) is 0.658. The molecule has 0 amide bonds. The first-order valence-corrected chi connectivity index (χ1v) is 3.79. The zero-order valence-corrected chi connectivity index (χ0v) is 7.61. The van der Waals surface area contributed by atoms with E-state index in [0.717, 1.165) is 0 Å². The monoisotopic (exact) mass is 183 g/mol. The molecular weight excluding hydrogens is 176 g/mol. The zero-order chi connectivity index (χ0) is 9.14. The molecule has 63 valence electrons. The lowest BCUT2D eigenvalue weighted by atomic mass is 10.1. The van der Waals surface area contributed by atoms with Gasteiger partial charge in [0, 0.05) is 11.6 Å². The molecule has 0 aliphatic rings. The van der Waals surface area contributed by atoms with Crippen LogP contribution in [0.3, 0.4) is 0 Å². The van der Waals surface area contributed by atoms with E-state index in [4.69, 9.17) is 16.3 Å². The van der Waals surface area contributed by atoms with Gasteiger partial charge in [0.15, 0.2) is 5.78 Å². The summed E-state index contributed by atoms with van der Waals surface area (Å²) in [6.07, 6.45) is 0. The lowest BCUT2D eigenvalue weighted by molar-refractivity contribution is 0.101. The Hall–Kier alpha value is -1.02. The lowest BCUT2D eigenvalue weighted by Crippen LogP contribution is -1.93. The van der Waals surface area contributed by atoms with Crippen LogP contribution in [-0.2, 0) is 0 Å². The van der Waals surface area contributed by atoms with E-state index in [1.165, 1.54) is 14.0 Å². The van der Waals surface area contributed by atoms with Gasteiger partial charge in [-0.1, -0.05) is 11.6 Å². The first-order chi connectivity index (χ1) is 5.63. The van der Waals surface area contributed by atoms with Crippen molar-refractivity contribution in [1.29, 1.82) is 0 Å². The second kappa shape index (κ2) is 3.59. The highest BCUT2D eigenvalue weighted by atomic mass is 35.5. The van der Waals surface area contributed by atoms with Crippen molar-refractivity contribution in [3.63, 3.8) is 0 Å². The van der Waals surface area contributed by atoms with Crippen LogP contribution in [-0.4, -0.2) is 12.9 Å². The van der Waals surface area contributed by atoms with Crippen LogP contribution in [0.5, 0.6) is 5.75 Å². The number of halogens is 1. The molecule has 0 fully saturated rings. The molecule has 0 aliphatic heterocycles. The van der Waals surface area contributed by atoms with E-state index in [1.54, 1.807) is 12.1 Å². The van der Waals surface area contributed by atoms with E-state index in [-0.39, 0.29) is 5.78 Å². The van der Waals surface area contributed by atoms with Crippen LogP contribution >= 0.6 is 11.6 Å². The molecule has 1 aromatic carbocycles. The van der Waals surface area contributed by atoms with Gasteiger partial charge < -0.3 is 4.74 Å². The molecule has 0 atom stereocenters. The zero-order valence-electron chi connectivity index (χ0n) is 6.85.